The first kappa shape index (κ1) is 18.4. The van der Waals surface area contributed by atoms with E-state index in [2.05, 4.69) is 15.3 Å². The minimum atomic E-state index is -0.285. The highest BCUT2D eigenvalue weighted by Crippen LogP contribution is 2.33. The molecule has 28 heavy (non-hydrogen) atoms. The highest BCUT2D eigenvalue weighted by atomic mass is 35.5. The van der Waals surface area contributed by atoms with Crippen LogP contribution in [0.2, 0.25) is 10.0 Å². The maximum Gasteiger partial charge on any atom is 0.274 e. The molecule has 0 fully saturated rings. The molecule has 0 aliphatic carbocycles. The zero-order valence-electron chi connectivity index (χ0n) is 14.6. The topological polar surface area (TPSA) is 85.3 Å². The summed E-state index contributed by atoms with van der Waals surface area (Å²) in [5.74, 6) is -0.285. The number of rotatable bonds is 4. The van der Waals surface area contributed by atoms with Crippen LogP contribution < -0.4 is 11.1 Å². The van der Waals surface area contributed by atoms with Gasteiger partial charge in [-0.3, -0.25) is 14.2 Å². The van der Waals surface area contributed by atoms with Crippen molar-refractivity contribution in [2.45, 2.75) is 6.54 Å². The van der Waals surface area contributed by atoms with Gasteiger partial charge in [-0.05, 0) is 35.9 Å². The maximum atomic E-state index is 12.7. The van der Waals surface area contributed by atoms with E-state index in [4.69, 9.17) is 28.9 Å². The monoisotopic (exact) mass is 411 g/mol. The summed E-state index contributed by atoms with van der Waals surface area (Å²) in [7, 11) is 0. The summed E-state index contributed by atoms with van der Waals surface area (Å²) < 4.78 is 1.72. The van der Waals surface area contributed by atoms with Gasteiger partial charge in [0.25, 0.3) is 5.91 Å². The number of carbonyl (C=O) groups excluding carboxylic acids is 1. The van der Waals surface area contributed by atoms with Gasteiger partial charge >= 0.3 is 0 Å². The second-order valence-electron chi connectivity index (χ2n) is 6.10. The lowest BCUT2D eigenvalue weighted by molar-refractivity contribution is 0.102. The average molecular weight is 412 g/mol. The van der Waals surface area contributed by atoms with E-state index in [9.17, 15) is 4.79 Å². The molecule has 0 saturated carbocycles. The Kier molecular flexibility index (Phi) is 5.00. The summed E-state index contributed by atoms with van der Waals surface area (Å²) in [5, 5.41) is 3.88. The summed E-state index contributed by atoms with van der Waals surface area (Å²) in [6, 6.07) is 10.5. The number of aromatic nitrogens is 3. The number of fused-ring (bicyclic) bond motifs is 1. The van der Waals surface area contributed by atoms with Crippen LogP contribution in [0.4, 0.5) is 5.69 Å². The van der Waals surface area contributed by atoms with E-state index in [0.29, 0.717) is 33.6 Å². The molecule has 6 nitrogen and oxygen atoms in total. The van der Waals surface area contributed by atoms with E-state index >= 15 is 0 Å². The number of amides is 1. The standard InChI is InChI=1S/C20H15Cl2N5O/c21-13-1-2-15(17(22)8-13)16-11-27-18(10-25-19(27)7-12(16)9-23)20(28)26-14-3-5-24-6-4-14/h1-8,10-11H,9,23H2,(H,24,26,28). The average Bonchev–Trinajstić information content (AvgIpc) is 3.11. The van der Waals surface area contributed by atoms with Crippen LogP contribution in [0.15, 0.2) is 61.2 Å². The molecule has 0 bridgehead atoms. The fourth-order valence-corrected chi connectivity index (χ4v) is 3.49. The summed E-state index contributed by atoms with van der Waals surface area (Å²) >= 11 is 12.4. The molecule has 140 valence electrons. The quantitative estimate of drug-likeness (QED) is 0.520. The molecule has 0 spiro atoms. The summed E-state index contributed by atoms with van der Waals surface area (Å²) in [6.07, 6.45) is 6.57. The molecule has 1 aromatic carbocycles. The Morgan fingerprint density at radius 1 is 1.11 bits per heavy atom. The number of halogens is 2. The lowest BCUT2D eigenvalue weighted by Gasteiger charge is -2.12. The highest BCUT2D eigenvalue weighted by molar-refractivity contribution is 6.36. The van der Waals surface area contributed by atoms with Crippen LogP contribution >= 0.6 is 23.2 Å². The number of carbonyl (C=O) groups is 1. The zero-order valence-corrected chi connectivity index (χ0v) is 16.1. The van der Waals surface area contributed by atoms with Gasteiger partial charge in [0.1, 0.15) is 11.3 Å². The van der Waals surface area contributed by atoms with Crippen LogP contribution in [0.3, 0.4) is 0 Å². The number of hydrogen-bond donors (Lipinski definition) is 2. The zero-order chi connectivity index (χ0) is 19.7. The molecule has 0 atom stereocenters. The van der Waals surface area contributed by atoms with Gasteiger partial charge in [-0.15, -0.1) is 0 Å². The number of benzene rings is 1. The smallest absolute Gasteiger partial charge is 0.274 e. The van der Waals surface area contributed by atoms with Crippen LogP contribution in [-0.4, -0.2) is 20.3 Å². The number of hydrogen-bond acceptors (Lipinski definition) is 4. The van der Waals surface area contributed by atoms with Crippen molar-refractivity contribution in [1.82, 2.24) is 14.4 Å². The van der Waals surface area contributed by atoms with Gasteiger partial charge in [0.05, 0.1) is 6.20 Å². The Hall–Kier alpha value is -2.93. The molecule has 4 rings (SSSR count). The van der Waals surface area contributed by atoms with Crippen LogP contribution in [0.5, 0.6) is 0 Å². The van der Waals surface area contributed by atoms with Crippen LogP contribution in [-0.2, 0) is 6.54 Å². The molecule has 0 radical (unpaired) electrons. The number of anilines is 1. The van der Waals surface area contributed by atoms with Crippen molar-refractivity contribution in [3.8, 4) is 11.1 Å². The fraction of sp³-hybridized carbons (Fsp3) is 0.0500. The lowest BCUT2D eigenvalue weighted by atomic mass is 10.0. The molecule has 0 aliphatic heterocycles. The van der Waals surface area contributed by atoms with Crippen molar-refractivity contribution in [1.29, 1.82) is 0 Å². The first-order chi connectivity index (χ1) is 13.6. The summed E-state index contributed by atoms with van der Waals surface area (Å²) in [6.45, 7) is 0.302. The van der Waals surface area contributed by atoms with Crippen LogP contribution in [0.25, 0.3) is 16.8 Å². The molecule has 4 aromatic rings. The van der Waals surface area contributed by atoms with Gasteiger partial charge in [-0.1, -0.05) is 29.3 Å². The second kappa shape index (κ2) is 7.59. The number of nitrogens with one attached hydrogen (secondary N) is 1. The second-order valence-corrected chi connectivity index (χ2v) is 6.95. The number of nitrogens with zero attached hydrogens (tertiary/aromatic N) is 3. The molecule has 3 aromatic heterocycles. The van der Waals surface area contributed by atoms with E-state index in [0.717, 1.165) is 16.7 Å². The van der Waals surface area contributed by atoms with Gasteiger partial charge < -0.3 is 11.1 Å². The molecule has 3 N–H and O–H groups in total. The molecule has 0 aliphatic rings. The fourth-order valence-electron chi connectivity index (χ4n) is 2.98. The van der Waals surface area contributed by atoms with Gasteiger partial charge in [0.15, 0.2) is 0 Å². The van der Waals surface area contributed by atoms with Crippen molar-refractivity contribution >= 4 is 40.4 Å². The van der Waals surface area contributed by atoms with Crippen molar-refractivity contribution in [3.63, 3.8) is 0 Å². The highest BCUT2D eigenvalue weighted by Gasteiger charge is 2.16. The van der Waals surface area contributed by atoms with E-state index in [1.165, 1.54) is 6.20 Å². The first-order valence-electron chi connectivity index (χ1n) is 8.43. The third kappa shape index (κ3) is 3.45. The Morgan fingerprint density at radius 3 is 2.61 bits per heavy atom. The van der Waals surface area contributed by atoms with Gasteiger partial charge in [0, 0.05) is 52.0 Å². The normalized spacial score (nSPS) is 11.0. The number of pyridine rings is 2. The van der Waals surface area contributed by atoms with E-state index in [-0.39, 0.29) is 5.91 Å². The predicted molar refractivity (Wildman–Crippen MR) is 111 cm³/mol. The summed E-state index contributed by atoms with van der Waals surface area (Å²) in [4.78, 5) is 21.0. The number of imidazole rings is 1. The molecular formula is C20H15Cl2N5O. The Labute approximate surface area is 170 Å². The van der Waals surface area contributed by atoms with E-state index in [1.54, 1.807) is 41.1 Å². The predicted octanol–water partition coefficient (Wildman–Crippen LogP) is 4.41. The Morgan fingerprint density at radius 2 is 1.89 bits per heavy atom. The van der Waals surface area contributed by atoms with Crippen molar-refractivity contribution in [2.24, 2.45) is 5.73 Å². The molecule has 1 amide bonds. The molecule has 8 heteroatoms. The van der Waals surface area contributed by atoms with Crippen molar-refractivity contribution in [2.75, 3.05) is 5.32 Å². The summed E-state index contributed by atoms with van der Waals surface area (Å²) in [5.41, 5.74) is 10.1. The Bertz CT molecular complexity index is 1170. The van der Waals surface area contributed by atoms with Gasteiger partial charge in [-0.2, -0.15) is 0 Å². The minimum absolute atomic E-state index is 0.285. The van der Waals surface area contributed by atoms with E-state index in [1.807, 2.05) is 18.3 Å². The van der Waals surface area contributed by atoms with Gasteiger partial charge in [0.2, 0.25) is 0 Å². The van der Waals surface area contributed by atoms with E-state index < -0.39 is 0 Å². The molecule has 3 heterocycles. The molecule has 0 unspecified atom stereocenters. The van der Waals surface area contributed by atoms with Crippen LogP contribution in [0, 0.1) is 0 Å². The third-order valence-electron chi connectivity index (χ3n) is 4.34. The number of nitrogens with two attached hydrogens (primary N) is 1. The molecular weight excluding hydrogens is 397 g/mol. The lowest BCUT2D eigenvalue weighted by Crippen LogP contribution is -2.14. The third-order valence-corrected chi connectivity index (χ3v) is 4.89. The molecule has 0 saturated heterocycles. The first-order valence-corrected chi connectivity index (χ1v) is 9.19. The van der Waals surface area contributed by atoms with Gasteiger partial charge in [-0.25, -0.2) is 4.98 Å². The van der Waals surface area contributed by atoms with Crippen molar-refractivity contribution < 1.29 is 4.79 Å². The largest absolute Gasteiger partial charge is 0.326 e. The Balaban J connectivity index is 1.81. The SMILES string of the molecule is NCc1cc2ncc(C(=O)Nc3ccncc3)n2cc1-c1ccc(Cl)cc1Cl. The maximum absolute atomic E-state index is 12.7. The van der Waals surface area contributed by atoms with Crippen molar-refractivity contribution in [3.05, 3.63) is 82.5 Å². The minimum Gasteiger partial charge on any atom is -0.326 e. The van der Waals surface area contributed by atoms with Crippen LogP contribution in [0.1, 0.15) is 16.1 Å².